The van der Waals surface area contributed by atoms with Crippen molar-refractivity contribution in [2.24, 2.45) is 5.92 Å². The second kappa shape index (κ2) is 11.8. The summed E-state index contributed by atoms with van der Waals surface area (Å²) in [6.07, 6.45) is 6.20. The molecule has 1 unspecified atom stereocenters. The molecular formula is C28H36BrNO3. The first-order valence-electron chi connectivity index (χ1n) is 11.8. The van der Waals surface area contributed by atoms with Crippen molar-refractivity contribution in [3.63, 3.8) is 0 Å². The molecule has 1 aliphatic rings. The number of carbonyl (C=O) groups is 1. The highest BCUT2D eigenvalue weighted by atomic mass is 79.9. The van der Waals surface area contributed by atoms with Crippen LogP contribution in [0.4, 0.5) is 0 Å². The Bertz CT molecular complexity index is 944. The van der Waals surface area contributed by atoms with Crippen molar-refractivity contribution < 1.29 is 14.3 Å². The van der Waals surface area contributed by atoms with Gasteiger partial charge < -0.3 is 14.4 Å². The number of likely N-dealkylation sites (tertiary alicyclic amines) is 1. The van der Waals surface area contributed by atoms with E-state index in [2.05, 4.69) is 65.0 Å². The van der Waals surface area contributed by atoms with Crippen LogP contribution in [0.15, 0.2) is 58.6 Å². The maximum atomic E-state index is 13.0. The Morgan fingerprint density at radius 2 is 1.82 bits per heavy atom. The smallest absolute Gasteiger partial charge is 0.316 e. The van der Waals surface area contributed by atoms with Crippen molar-refractivity contribution in [3.8, 4) is 5.75 Å². The lowest BCUT2D eigenvalue weighted by molar-refractivity contribution is -0.150. The van der Waals surface area contributed by atoms with Crippen molar-refractivity contribution in [1.29, 1.82) is 0 Å². The summed E-state index contributed by atoms with van der Waals surface area (Å²) in [5.41, 5.74) is 3.10. The van der Waals surface area contributed by atoms with Gasteiger partial charge in [-0.05, 0) is 73.5 Å². The molecule has 1 saturated heterocycles. The van der Waals surface area contributed by atoms with Crippen LogP contribution >= 0.6 is 15.9 Å². The molecule has 0 N–H and O–H groups in total. The molecule has 2 aromatic rings. The maximum Gasteiger partial charge on any atom is 0.316 e. The number of methoxy groups -OCH3 is 2. The van der Waals surface area contributed by atoms with Gasteiger partial charge in [-0.1, -0.05) is 65.7 Å². The SMILES string of the molecule is COC(=O)C(CCCN1CCC(=Cc2cccc(OC)c2)CC1)(c1ccc(Br)cc1)C(C)C. The number of nitrogens with zero attached hydrogens (tertiary/aromatic N) is 1. The van der Waals surface area contributed by atoms with E-state index in [9.17, 15) is 4.79 Å². The Kier molecular flexibility index (Phi) is 9.16. The number of benzene rings is 2. The molecule has 1 atom stereocenters. The average Bonchev–Trinajstić information content (AvgIpc) is 2.83. The molecular weight excluding hydrogens is 478 g/mol. The van der Waals surface area contributed by atoms with Gasteiger partial charge in [-0.3, -0.25) is 4.79 Å². The van der Waals surface area contributed by atoms with E-state index in [0.717, 1.165) is 61.1 Å². The van der Waals surface area contributed by atoms with Gasteiger partial charge in [0.05, 0.1) is 19.6 Å². The van der Waals surface area contributed by atoms with E-state index in [4.69, 9.17) is 9.47 Å². The van der Waals surface area contributed by atoms with Crippen LogP contribution in [-0.2, 0) is 14.9 Å². The molecule has 0 amide bonds. The highest BCUT2D eigenvalue weighted by Crippen LogP contribution is 2.39. The molecule has 1 fully saturated rings. The molecule has 33 heavy (non-hydrogen) atoms. The van der Waals surface area contributed by atoms with Crippen molar-refractivity contribution in [2.45, 2.75) is 44.9 Å². The molecule has 0 saturated carbocycles. The van der Waals surface area contributed by atoms with Gasteiger partial charge in [0.2, 0.25) is 0 Å². The van der Waals surface area contributed by atoms with E-state index < -0.39 is 5.41 Å². The van der Waals surface area contributed by atoms with E-state index in [1.54, 1.807) is 7.11 Å². The van der Waals surface area contributed by atoms with E-state index in [1.165, 1.54) is 18.2 Å². The number of rotatable bonds is 9. The van der Waals surface area contributed by atoms with Crippen LogP contribution < -0.4 is 4.74 Å². The van der Waals surface area contributed by atoms with Gasteiger partial charge in [-0.25, -0.2) is 0 Å². The average molecular weight is 515 g/mol. The summed E-state index contributed by atoms with van der Waals surface area (Å²) >= 11 is 3.51. The van der Waals surface area contributed by atoms with Crippen molar-refractivity contribution in [2.75, 3.05) is 33.9 Å². The van der Waals surface area contributed by atoms with Crippen LogP contribution in [0, 0.1) is 5.92 Å². The van der Waals surface area contributed by atoms with E-state index >= 15 is 0 Å². The fourth-order valence-corrected chi connectivity index (χ4v) is 5.17. The zero-order valence-electron chi connectivity index (χ0n) is 20.3. The van der Waals surface area contributed by atoms with Gasteiger partial charge in [0.25, 0.3) is 0 Å². The lowest BCUT2D eigenvalue weighted by Crippen LogP contribution is -2.43. The largest absolute Gasteiger partial charge is 0.497 e. The summed E-state index contributed by atoms with van der Waals surface area (Å²) in [6, 6.07) is 16.3. The molecule has 3 rings (SSSR count). The van der Waals surface area contributed by atoms with E-state index in [0.29, 0.717) is 0 Å². The van der Waals surface area contributed by atoms with E-state index in [-0.39, 0.29) is 11.9 Å². The van der Waals surface area contributed by atoms with Crippen LogP contribution in [0.1, 0.15) is 50.7 Å². The maximum absolute atomic E-state index is 13.0. The van der Waals surface area contributed by atoms with Crippen LogP contribution in [0.2, 0.25) is 0 Å². The molecule has 0 bridgehead atoms. The quantitative estimate of drug-likeness (QED) is 0.359. The fourth-order valence-electron chi connectivity index (χ4n) is 4.91. The number of halogens is 1. The van der Waals surface area contributed by atoms with Gasteiger partial charge in [-0.15, -0.1) is 0 Å². The fraction of sp³-hybridized carbons (Fsp3) is 0.464. The Hall–Kier alpha value is -2.11. The zero-order chi connectivity index (χ0) is 23.8. The van der Waals surface area contributed by atoms with Crippen LogP contribution in [-0.4, -0.2) is 44.7 Å². The van der Waals surface area contributed by atoms with Crippen LogP contribution in [0.25, 0.3) is 6.08 Å². The van der Waals surface area contributed by atoms with Gasteiger partial charge >= 0.3 is 5.97 Å². The second-order valence-electron chi connectivity index (χ2n) is 9.15. The summed E-state index contributed by atoms with van der Waals surface area (Å²) in [7, 11) is 3.20. The minimum atomic E-state index is -0.622. The predicted molar refractivity (Wildman–Crippen MR) is 139 cm³/mol. The molecule has 2 aromatic carbocycles. The first-order valence-corrected chi connectivity index (χ1v) is 12.6. The molecule has 0 aromatic heterocycles. The number of hydrogen-bond donors (Lipinski definition) is 0. The van der Waals surface area contributed by atoms with E-state index in [1.807, 2.05) is 24.3 Å². The molecule has 0 radical (unpaired) electrons. The Labute approximate surface area is 207 Å². The zero-order valence-corrected chi connectivity index (χ0v) is 21.9. The van der Waals surface area contributed by atoms with Gasteiger partial charge in [-0.2, -0.15) is 0 Å². The van der Waals surface area contributed by atoms with Gasteiger partial charge in [0.1, 0.15) is 5.75 Å². The summed E-state index contributed by atoms with van der Waals surface area (Å²) in [5, 5.41) is 0. The highest BCUT2D eigenvalue weighted by molar-refractivity contribution is 9.10. The first kappa shape index (κ1) is 25.5. The number of carbonyl (C=O) groups excluding carboxylic acids is 1. The lowest BCUT2D eigenvalue weighted by atomic mass is 9.68. The van der Waals surface area contributed by atoms with Crippen molar-refractivity contribution >= 4 is 28.0 Å². The number of hydrogen-bond acceptors (Lipinski definition) is 4. The summed E-state index contributed by atoms with van der Waals surface area (Å²) in [6.45, 7) is 7.35. The minimum Gasteiger partial charge on any atom is -0.497 e. The molecule has 5 heteroatoms. The van der Waals surface area contributed by atoms with Crippen LogP contribution in [0.5, 0.6) is 5.75 Å². The lowest BCUT2D eigenvalue weighted by Gasteiger charge is -2.36. The molecule has 1 aliphatic heterocycles. The van der Waals surface area contributed by atoms with Gasteiger partial charge in [0.15, 0.2) is 0 Å². The predicted octanol–water partition coefficient (Wildman–Crippen LogP) is 6.48. The topological polar surface area (TPSA) is 38.8 Å². The third-order valence-corrected chi connectivity index (χ3v) is 7.43. The third kappa shape index (κ3) is 6.27. The second-order valence-corrected chi connectivity index (χ2v) is 10.1. The third-order valence-electron chi connectivity index (χ3n) is 6.90. The summed E-state index contributed by atoms with van der Waals surface area (Å²) in [4.78, 5) is 15.6. The summed E-state index contributed by atoms with van der Waals surface area (Å²) < 4.78 is 11.7. The number of piperidine rings is 1. The van der Waals surface area contributed by atoms with Gasteiger partial charge in [0, 0.05) is 17.6 Å². The van der Waals surface area contributed by atoms with Crippen LogP contribution in [0.3, 0.4) is 0 Å². The Morgan fingerprint density at radius 1 is 1.12 bits per heavy atom. The van der Waals surface area contributed by atoms with Crippen molar-refractivity contribution in [1.82, 2.24) is 4.90 Å². The minimum absolute atomic E-state index is 0.137. The molecule has 0 aliphatic carbocycles. The monoisotopic (exact) mass is 513 g/mol. The molecule has 0 spiro atoms. The summed E-state index contributed by atoms with van der Waals surface area (Å²) in [5.74, 6) is 0.902. The first-order chi connectivity index (χ1) is 15.9. The Balaban J connectivity index is 1.61. The number of esters is 1. The highest BCUT2D eigenvalue weighted by Gasteiger charge is 2.43. The normalized spacial score (nSPS) is 16.4. The molecule has 1 heterocycles. The number of ether oxygens (including phenoxy) is 2. The standard InChI is InChI=1S/C28H36BrNO3/c1-21(2)28(27(31)33-4,24-9-11-25(29)12-10-24)15-6-16-30-17-13-22(14-18-30)19-23-7-5-8-26(20-23)32-3/h5,7-12,19-21H,6,13-18H2,1-4H3. The Morgan fingerprint density at radius 3 is 2.42 bits per heavy atom. The molecule has 4 nitrogen and oxygen atoms in total. The van der Waals surface area contributed by atoms with Crippen molar-refractivity contribution in [3.05, 3.63) is 69.7 Å². The molecule has 178 valence electrons.